The molecule has 0 spiro atoms. The van der Waals surface area contributed by atoms with Gasteiger partial charge < -0.3 is 19.4 Å². The number of benzene rings is 2. The van der Waals surface area contributed by atoms with Crippen LogP contribution in [-0.4, -0.2) is 65.2 Å². The van der Waals surface area contributed by atoms with Gasteiger partial charge in [0.1, 0.15) is 5.75 Å². The second kappa shape index (κ2) is 12.5. The van der Waals surface area contributed by atoms with Crippen molar-refractivity contribution < 1.29 is 27.9 Å². The van der Waals surface area contributed by atoms with E-state index >= 15 is 0 Å². The lowest BCUT2D eigenvalue weighted by atomic mass is 10.1. The molecule has 0 saturated carbocycles. The predicted molar refractivity (Wildman–Crippen MR) is 143 cm³/mol. The number of para-hydroxylation sites is 1. The van der Waals surface area contributed by atoms with Crippen LogP contribution in [0.1, 0.15) is 26.4 Å². The van der Waals surface area contributed by atoms with Crippen molar-refractivity contribution in [1.29, 1.82) is 0 Å². The zero-order chi connectivity index (χ0) is 27.2. The summed E-state index contributed by atoms with van der Waals surface area (Å²) in [4.78, 5) is 45.0. The Bertz CT molecular complexity index is 1300. The van der Waals surface area contributed by atoms with Gasteiger partial charge in [0.25, 0.3) is 5.91 Å². The second-order valence-electron chi connectivity index (χ2n) is 8.79. The molecule has 0 aliphatic carbocycles. The first kappa shape index (κ1) is 27.7. The molecule has 11 heteroatoms. The van der Waals surface area contributed by atoms with E-state index in [1.807, 2.05) is 42.6 Å². The molecule has 2 heterocycles. The fourth-order valence-electron chi connectivity index (χ4n) is 4.17. The van der Waals surface area contributed by atoms with Crippen molar-refractivity contribution >= 4 is 45.0 Å². The minimum absolute atomic E-state index is 0.0226. The van der Waals surface area contributed by atoms with Gasteiger partial charge in [-0.1, -0.05) is 46.3 Å². The summed E-state index contributed by atoms with van der Waals surface area (Å²) in [5.74, 6) is -1.93. The third-order valence-electron chi connectivity index (χ3n) is 6.15. The van der Waals surface area contributed by atoms with E-state index in [4.69, 9.17) is 0 Å². The van der Waals surface area contributed by atoms with Crippen LogP contribution in [0.15, 0.2) is 64.5 Å². The van der Waals surface area contributed by atoms with Gasteiger partial charge in [0.2, 0.25) is 0 Å². The summed E-state index contributed by atoms with van der Waals surface area (Å²) in [5, 5.41) is 1.92. The van der Waals surface area contributed by atoms with Crippen LogP contribution in [-0.2, 0) is 22.7 Å². The highest BCUT2D eigenvalue weighted by molar-refractivity contribution is 9.10. The monoisotopic (exact) mass is 605 g/mol. The molecule has 3 aromatic rings. The van der Waals surface area contributed by atoms with Crippen LogP contribution in [0.3, 0.4) is 0 Å². The molecule has 0 atom stereocenters. The van der Waals surface area contributed by atoms with Gasteiger partial charge in [0.15, 0.2) is 0 Å². The number of hydrogen-bond acceptors (Lipinski definition) is 5. The van der Waals surface area contributed by atoms with Crippen LogP contribution < -0.4 is 4.74 Å². The number of carbonyl (C=O) groups excluding carboxylic acids is 3. The quantitative estimate of drug-likeness (QED) is 0.358. The maximum atomic E-state index is 13.4. The van der Waals surface area contributed by atoms with Crippen molar-refractivity contribution in [3.63, 3.8) is 0 Å². The summed E-state index contributed by atoms with van der Waals surface area (Å²) in [5.41, 5.74) is 1.98. The van der Waals surface area contributed by atoms with Gasteiger partial charge in [-0.15, -0.1) is 11.3 Å². The van der Waals surface area contributed by atoms with Gasteiger partial charge in [0, 0.05) is 42.1 Å². The highest BCUT2D eigenvalue weighted by Gasteiger charge is 2.32. The average molecular weight is 606 g/mol. The molecule has 1 aliphatic heterocycles. The van der Waals surface area contributed by atoms with E-state index in [1.165, 1.54) is 44.2 Å². The molecule has 7 nitrogen and oxygen atoms in total. The van der Waals surface area contributed by atoms with Gasteiger partial charge >= 0.3 is 18.4 Å². The smallest absolute Gasteiger partial charge is 0.387 e. The van der Waals surface area contributed by atoms with E-state index in [0.717, 1.165) is 20.5 Å². The Hall–Kier alpha value is -3.31. The Morgan fingerprint density at radius 1 is 1.00 bits per heavy atom. The number of hydrogen-bond donors (Lipinski definition) is 0. The Balaban J connectivity index is 1.43. The van der Waals surface area contributed by atoms with Gasteiger partial charge in [-0.2, -0.15) is 8.78 Å². The molecule has 0 bridgehead atoms. The van der Waals surface area contributed by atoms with E-state index in [-0.39, 0.29) is 44.0 Å². The number of ether oxygens (including phenoxy) is 1. The Labute approximate surface area is 231 Å². The maximum absolute atomic E-state index is 13.4. The molecule has 1 saturated heterocycles. The zero-order valence-electron chi connectivity index (χ0n) is 20.6. The van der Waals surface area contributed by atoms with Crippen molar-refractivity contribution in [3.05, 3.63) is 86.0 Å². The summed E-state index contributed by atoms with van der Waals surface area (Å²) in [6.07, 6.45) is 0. The van der Waals surface area contributed by atoms with Crippen molar-refractivity contribution in [2.24, 2.45) is 0 Å². The number of thiophene rings is 1. The Morgan fingerprint density at radius 2 is 1.71 bits per heavy atom. The Morgan fingerprint density at radius 3 is 2.37 bits per heavy atom. The lowest BCUT2D eigenvalue weighted by Crippen LogP contribution is -2.54. The van der Waals surface area contributed by atoms with Gasteiger partial charge in [-0.25, -0.2) is 0 Å². The fourth-order valence-corrected chi connectivity index (χ4v) is 5.51. The van der Waals surface area contributed by atoms with Gasteiger partial charge in [0.05, 0.1) is 12.1 Å². The van der Waals surface area contributed by atoms with Crippen molar-refractivity contribution in [1.82, 2.24) is 14.7 Å². The summed E-state index contributed by atoms with van der Waals surface area (Å²) >= 11 is 5.06. The molecule has 1 aliphatic rings. The SMILES string of the molecule is Cc1ccc(CN(Cc2cccs2)C(=O)C(=O)N2CCN(C(=O)c3ccccc3OC(F)F)CC2)c(Br)c1. The molecule has 0 radical (unpaired) electrons. The van der Waals surface area contributed by atoms with E-state index in [2.05, 4.69) is 20.7 Å². The number of amides is 3. The minimum atomic E-state index is -3.05. The first-order valence-corrected chi connectivity index (χ1v) is 13.6. The van der Waals surface area contributed by atoms with E-state index in [9.17, 15) is 23.2 Å². The van der Waals surface area contributed by atoms with E-state index in [1.54, 1.807) is 6.07 Å². The third-order valence-corrected chi connectivity index (χ3v) is 7.75. The number of rotatable bonds is 7. The van der Waals surface area contributed by atoms with Gasteiger partial charge in [-0.3, -0.25) is 14.4 Å². The average Bonchev–Trinajstić information content (AvgIpc) is 3.42. The number of nitrogens with zero attached hydrogens (tertiary/aromatic N) is 3. The lowest BCUT2D eigenvalue weighted by Gasteiger charge is -2.35. The summed E-state index contributed by atoms with van der Waals surface area (Å²) in [7, 11) is 0. The number of alkyl halides is 2. The first-order valence-electron chi connectivity index (χ1n) is 11.9. The number of carbonyl (C=O) groups is 3. The molecule has 200 valence electrons. The summed E-state index contributed by atoms with van der Waals surface area (Å²) in [6.45, 7) is 0.0865. The van der Waals surface area contributed by atoms with Crippen LogP contribution in [0.2, 0.25) is 0 Å². The van der Waals surface area contributed by atoms with Crippen LogP contribution in [0.5, 0.6) is 5.75 Å². The zero-order valence-corrected chi connectivity index (χ0v) is 23.0. The van der Waals surface area contributed by atoms with Crippen LogP contribution in [0.25, 0.3) is 0 Å². The predicted octanol–water partition coefficient (Wildman–Crippen LogP) is 4.93. The van der Waals surface area contributed by atoms with Crippen molar-refractivity contribution in [3.8, 4) is 5.75 Å². The van der Waals surface area contributed by atoms with Crippen LogP contribution >= 0.6 is 27.3 Å². The highest BCUT2D eigenvalue weighted by atomic mass is 79.9. The number of aryl methyl sites for hydroxylation is 1. The molecule has 1 fully saturated rings. The third kappa shape index (κ3) is 6.76. The first-order chi connectivity index (χ1) is 18.2. The summed E-state index contributed by atoms with van der Waals surface area (Å²) in [6, 6.07) is 15.5. The standard InChI is InChI=1S/C27H26BrF2N3O4S/c1-18-8-9-19(22(28)15-18)16-33(17-20-5-4-14-38-20)26(36)25(35)32-12-10-31(11-13-32)24(34)21-6-2-3-7-23(21)37-27(29)30/h2-9,14-15,27H,10-13,16-17H2,1H3. The molecular weight excluding hydrogens is 580 g/mol. The summed E-state index contributed by atoms with van der Waals surface area (Å²) < 4.78 is 30.9. The second-order valence-corrected chi connectivity index (χ2v) is 10.7. The fraction of sp³-hybridized carbons (Fsp3) is 0.296. The topological polar surface area (TPSA) is 70.2 Å². The molecule has 0 unspecified atom stereocenters. The lowest BCUT2D eigenvalue weighted by molar-refractivity contribution is -0.153. The largest absolute Gasteiger partial charge is 0.434 e. The molecule has 3 amide bonds. The van der Waals surface area contributed by atoms with Crippen molar-refractivity contribution in [2.75, 3.05) is 26.2 Å². The normalized spacial score (nSPS) is 13.5. The molecule has 38 heavy (non-hydrogen) atoms. The molecule has 4 rings (SSSR count). The Kier molecular flexibility index (Phi) is 9.11. The van der Waals surface area contributed by atoms with Crippen LogP contribution in [0, 0.1) is 6.92 Å². The number of halogens is 3. The van der Waals surface area contributed by atoms with Crippen molar-refractivity contribution in [2.45, 2.75) is 26.6 Å². The van der Waals surface area contributed by atoms with Gasteiger partial charge in [-0.05, 0) is 47.7 Å². The maximum Gasteiger partial charge on any atom is 0.387 e. The molecular formula is C27H26BrF2N3O4S. The highest BCUT2D eigenvalue weighted by Crippen LogP contribution is 2.24. The van der Waals surface area contributed by atoms with Crippen LogP contribution in [0.4, 0.5) is 8.78 Å². The van der Waals surface area contributed by atoms with E-state index < -0.39 is 24.3 Å². The molecule has 2 aromatic carbocycles. The molecule has 0 N–H and O–H groups in total. The minimum Gasteiger partial charge on any atom is -0.434 e. The van der Waals surface area contributed by atoms with E-state index in [0.29, 0.717) is 6.54 Å². The molecule has 1 aromatic heterocycles. The number of piperazine rings is 1.